The van der Waals surface area contributed by atoms with Crippen molar-refractivity contribution in [3.8, 4) is 0 Å². The highest BCUT2D eigenvalue weighted by Gasteiger charge is 2.24. The molecule has 3 rings (SSSR count). The smallest absolute Gasteiger partial charge is 0.293 e. The fourth-order valence-electron chi connectivity index (χ4n) is 3.23. The van der Waals surface area contributed by atoms with Crippen LogP contribution in [0.1, 0.15) is 33.6 Å². The molecular weight excluding hydrogens is 360 g/mol. The lowest BCUT2D eigenvalue weighted by Crippen LogP contribution is -2.22. The van der Waals surface area contributed by atoms with E-state index >= 15 is 0 Å². The van der Waals surface area contributed by atoms with E-state index in [1.807, 2.05) is 4.90 Å². The van der Waals surface area contributed by atoms with Gasteiger partial charge >= 0.3 is 0 Å². The Bertz CT molecular complexity index is 920. The quantitative estimate of drug-likeness (QED) is 0.633. The maximum atomic E-state index is 12.6. The minimum atomic E-state index is -0.467. The van der Waals surface area contributed by atoms with Gasteiger partial charge in [0.15, 0.2) is 0 Å². The molecule has 1 aliphatic heterocycles. The van der Waals surface area contributed by atoms with Crippen LogP contribution in [0.5, 0.6) is 0 Å². The van der Waals surface area contributed by atoms with Gasteiger partial charge in [-0.3, -0.25) is 19.7 Å². The van der Waals surface area contributed by atoms with E-state index in [1.165, 1.54) is 11.0 Å². The van der Waals surface area contributed by atoms with E-state index in [2.05, 4.69) is 5.32 Å². The molecule has 1 fully saturated rings. The van der Waals surface area contributed by atoms with Crippen molar-refractivity contribution in [2.45, 2.75) is 12.8 Å². The van der Waals surface area contributed by atoms with E-state index in [0.29, 0.717) is 16.9 Å². The summed E-state index contributed by atoms with van der Waals surface area (Å²) in [7, 11) is 3.29. The zero-order chi connectivity index (χ0) is 20.3. The maximum Gasteiger partial charge on any atom is 0.293 e. The average molecular weight is 382 g/mol. The third-order valence-corrected chi connectivity index (χ3v) is 4.65. The number of carbonyl (C=O) groups excluding carboxylic acids is 2. The summed E-state index contributed by atoms with van der Waals surface area (Å²) >= 11 is 0. The first-order valence-electron chi connectivity index (χ1n) is 9.03. The number of nitro benzene ring substituents is 1. The molecule has 1 heterocycles. The van der Waals surface area contributed by atoms with Gasteiger partial charge in [0.25, 0.3) is 17.5 Å². The second kappa shape index (κ2) is 8.08. The molecule has 0 aromatic heterocycles. The molecule has 1 saturated heterocycles. The molecule has 8 heteroatoms. The van der Waals surface area contributed by atoms with Crippen molar-refractivity contribution >= 4 is 28.9 Å². The fourth-order valence-corrected chi connectivity index (χ4v) is 3.23. The monoisotopic (exact) mass is 382 g/mol. The summed E-state index contributed by atoms with van der Waals surface area (Å²) in [5.74, 6) is -0.646. The molecule has 0 saturated carbocycles. The zero-order valence-electron chi connectivity index (χ0n) is 15.8. The average Bonchev–Trinajstić information content (AvgIpc) is 3.21. The predicted octanol–water partition coefficient (Wildman–Crippen LogP) is 3.15. The molecule has 8 nitrogen and oxygen atoms in total. The van der Waals surface area contributed by atoms with Crippen LogP contribution in [0.4, 0.5) is 17.1 Å². The fraction of sp³-hybridized carbons (Fsp3) is 0.300. The lowest BCUT2D eigenvalue weighted by molar-refractivity contribution is -0.384. The molecule has 2 amide bonds. The lowest BCUT2D eigenvalue weighted by Gasteiger charge is -2.18. The van der Waals surface area contributed by atoms with E-state index in [0.717, 1.165) is 25.9 Å². The minimum absolute atomic E-state index is 0.0777. The molecule has 146 valence electrons. The van der Waals surface area contributed by atoms with Gasteiger partial charge in [-0.25, -0.2) is 0 Å². The van der Waals surface area contributed by atoms with E-state index in [1.54, 1.807) is 50.5 Å². The highest BCUT2D eigenvalue weighted by molar-refractivity contribution is 6.06. The molecule has 2 aromatic rings. The van der Waals surface area contributed by atoms with Gasteiger partial charge in [0.2, 0.25) is 0 Å². The van der Waals surface area contributed by atoms with Gasteiger partial charge in [0.1, 0.15) is 5.69 Å². The number of benzene rings is 2. The molecule has 0 atom stereocenters. The molecule has 2 aromatic carbocycles. The SMILES string of the molecule is CN(C)C(=O)c1cccc(NC(=O)c2ccc(N3CCCC3)c([N+](=O)[O-])c2)c1. The van der Waals surface area contributed by atoms with Crippen LogP contribution in [0, 0.1) is 10.1 Å². The van der Waals surface area contributed by atoms with Crippen molar-refractivity contribution in [2.24, 2.45) is 0 Å². The number of nitrogens with zero attached hydrogens (tertiary/aromatic N) is 3. The van der Waals surface area contributed by atoms with Crippen molar-refractivity contribution in [1.82, 2.24) is 4.90 Å². The number of carbonyl (C=O) groups is 2. The molecule has 0 aliphatic carbocycles. The highest BCUT2D eigenvalue weighted by Crippen LogP contribution is 2.31. The number of amides is 2. The van der Waals surface area contributed by atoms with Crippen LogP contribution in [-0.4, -0.2) is 48.8 Å². The molecule has 1 aliphatic rings. The second-order valence-corrected chi connectivity index (χ2v) is 6.89. The number of hydrogen-bond acceptors (Lipinski definition) is 5. The van der Waals surface area contributed by atoms with Gasteiger partial charge in [-0.15, -0.1) is 0 Å². The second-order valence-electron chi connectivity index (χ2n) is 6.89. The Morgan fingerprint density at radius 2 is 1.79 bits per heavy atom. The molecule has 28 heavy (non-hydrogen) atoms. The topological polar surface area (TPSA) is 95.8 Å². The largest absolute Gasteiger partial charge is 0.366 e. The lowest BCUT2D eigenvalue weighted by atomic mass is 10.1. The number of rotatable bonds is 5. The van der Waals surface area contributed by atoms with Gasteiger partial charge in [0, 0.05) is 50.1 Å². The molecule has 0 unspecified atom stereocenters. The van der Waals surface area contributed by atoms with Gasteiger partial charge in [-0.2, -0.15) is 0 Å². The van der Waals surface area contributed by atoms with Crippen molar-refractivity contribution in [3.05, 3.63) is 63.7 Å². The summed E-state index contributed by atoms with van der Waals surface area (Å²) in [5.41, 5.74) is 1.55. The summed E-state index contributed by atoms with van der Waals surface area (Å²) in [6.45, 7) is 1.55. The minimum Gasteiger partial charge on any atom is -0.366 e. The first kappa shape index (κ1) is 19.3. The molecular formula is C20H22N4O4. The Morgan fingerprint density at radius 3 is 2.43 bits per heavy atom. The Labute approximate surface area is 162 Å². The van der Waals surface area contributed by atoms with Crippen molar-refractivity contribution in [3.63, 3.8) is 0 Å². The van der Waals surface area contributed by atoms with Crippen molar-refractivity contribution in [2.75, 3.05) is 37.4 Å². The van der Waals surface area contributed by atoms with Crippen LogP contribution in [0.15, 0.2) is 42.5 Å². The normalized spacial score (nSPS) is 13.3. The third-order valence-electron chi connectivity index (χ3n) is 4.65. The highest BCUT2D eigenvalue weighted by atomic mass is 16.6. The Balaban J connectivity index is 1.83. The van der Waals surface area contributed by atoms with Gasteiger partial charge in [-0.1, -0.05) is 6.07 Å². The summed E-state index contributed by atoms with van der Waals surface area (Å²) in [6, 6.07) is 11.1. The van der Waals surface area contributed by atoms with Gasteiger partial charge in [-0.05, 0) is 43.2 Å². The van der Waals surface area contributed by atoms with Crippen LogP contribution in [0.25, 0.3) is 0 Å². The summed E-state index contributed by atoms with van der Waals surface area (Å²) in [4.78, 5) is 39.1. The summed E-state index contributed by atoms with van der Waals surface area (Å²) in [6.07, 6.45) is 2.00. The van der Waals surface area contributed by atoms with Crippen LogP contribution in [-0.2, 0) is 0 Å². The number of nitrogens with one attached hydrogen (secondary N) is 1. The third kappa shape index (κ3) is 4.11. The molecule has 0 radical (unpaired) electrons. The van der Waals surface area contributed by atoms with Crippen LogP contribution in [0.2, 0.25) is 0 Å². The maximum absolute atomic E-state index is 12.6. The Hall–Kier alpha value is -3.42. The number of nitro groups is 1. The first-order chi connectivity index (χ1) is 13.4. The number of anilines is 2. The van der Waals surface area contributed by atoms with Crippen LogP contribution in [0.3, 0.4) is 0 Å². The Morgan fingerprint density at radius 1 is 1.07 bits per heavy atom. The first-order valence-corrected chi connectivity index (χ1v) is 9.03. The standard InChI is InChI=1S/C20H22N4O4/c1-22(2)20(26)15-6-5-7-16(12-15)21-19(25)14-8-9-17(18(13-14)24(27)28)23-10-3-4-11-23/h5-9,12-13H,3-4,10-11H2,1-2H3,(H,21,25). The molecule has 0 spiro atoms. The van der Waals surface area contributed by atoms with Gasteiger partial charge < -0.3 is 15.1 Å². The predicted molar refractivity (Wildman–Crippen MR) is 107 cm³/mol. The van der Waals surface area contributed by atoms with E-state index in [4.69, 9.17) is 0 Å². The number of hydrogen-bond donors (Lipinski definition) is 1. The Kier molecular flexibility index (Phi) is 5.58. The summed E-state index contributed by atoms with van der Waals surface area (Å²) in [5, 5.41) is 14.2. The van der Waals surface area contributed by atoms with Crippen molar-refractivity contribution < 1.29 is 14.5 Å². The van der Waals surface area contributed by atoms with E-state index < -0.39 is 10.8 Å². The van der Waals surface area contributed by atoms with Crippen LogP contribution < -0.4 is 10.2 Å². The summed E-state index contributed by atoms with van der Waals surface area (Å²) < 4.78 is 0. The van der Waals surface area contributed by atoms with Gasteiger partial charge in [0.05, 0.1) is 4.92 Å². The van der Waals surface area contributed by atoms with E-state index in [-0.39, 0.29) is 17.2 Å². The van der Waals surface area contributed by atoms with Crippen LogP contribution >= 0.6 is 0 Å². The molecule has 1 N–H and O–H groups in total. The zero-order valence-corrected chi connectivity index (χ0v) is 15.8. The van der Waals surface area contributed by atoms with E-state index in [9.17, 15) is 19.7 Å². The van der Waals surface area contributed by atoms with Crippen molar-refractivity contribution in [1.29, 1.82) is 0 Å². The molecule has 0 bridgehead atoms.